The summed E-state index contributed by atoms with van der Waals surface area (Å²) in [5.74, 6) is 0.899. The standard InChI is InChI=1S/C19H25N5O/c1-13(2)9-16-10-14(3-4-22-16)17-11-15(19(20)25)12-18(23-17)24-7-5-21-6-8-24/h3-4,10-13,21H,5-9H2,1-2H3,(H2,20,25). The van der Waals surface area contributed by atoms with Gasteiger partial charge in [-0.2, -0.15) is 0 Å². The van der Waals surface area contributed by atoms with Crippen LogP contribution < -0.4 is 16.0 Å². The zero-order chi connectivity index (χ0) is 17.8. The van der Waals surface area contributed by atoms with Crippen LogP contribution in [0.5, 0.6) is 0 Å². The van der Waals surface area contributed by atoms with E-state index in [1.165, 1.54) is 0 Å². The van der Waals surface area contributed by atoms with E-state index in [4.69, 9.17) is 10.7 Å². The largest absolute Gasteiger partial charge is 0.366 e. The highest BCUT2D eigenvalue weighted by Crippen LogP contribution is 2.24. The second kappa shape index (κ2) is 7.61. The van der Waals surface area contributed by atoms with Gasteiger partial charge in [0.05, 0.1) is 5.69 Å². The number of primary amides is 1. The molecule has 1 amide bonds. The van der Waals surface area contributed by atoms with Crippen LogP contribution in [0.25, 0.3) is 11.3 Å². The van der Waals surface area contributed by atoms with Crippen LogP contribution in [0.1, 0.15) is 29.9 Å². The molecule has 6 heteroatoms. The Morgan fingerprint density at radius 1 is 1.28 bits per heavy atom. The van der Waals surface area contributed by atoms with Crippen molar-refractivity contribution in [2.24, 2.45) is 11.7 Å². The number of hydrogen-bond acceptors (Lipinski definition) is 5. The lowest BCUT2D eigenvalue weighted by atomic mass is 10.0. The maximum Gasteiger partial charge on any atom is 0.248 e. The summed E-state index contributed by atoms with van der Waals surface area (Å²) in [6.45, 7) is 7.88. The number of nitrogens with two attached hydrogens (primary N) is 1. The van der Waals surface area contributed by atoms with Crippen LogP contribution in [-0.4, -0.2) is 42.1 Å². The Kier molecular flexibility index (Phi) is 5.28. The lowest BCUT2D eigenvalue weighted by Crippen LogP contribution is -2.44. The molecule has 1 aliphatic rings. The van der Waals surface area contributed by atoms with E-state index in [1.54, 1.807) is 18.3 Å². The van der Waals surface area contributed by atoms with Gasteiger partial charge in [0.2, 0.25) is 5.91 Å². The molecule has 2 aromatic rings. The second-order valence-electron chi connectivity index (χ2n) is 6.83. The minimum absolute atomic E-state index is 0.434. The van der Waals surface area contributed by atoms with Crippen molar-refractivity contribution in [2.45, 2.75) is 20.3 Å². The molecule has 0 aliphatic carbocycles. The quantitative estimate of drug-likeness (QED) is 0.868. The molecule has 0 bridgehead atoms. The molecule has 0 radical (unpaired) electrons. The van der Waals surface area contributed by atoms with Crippen molar-refractivity contribution < 1.29 is 4.79 Å². The summed E-state index contributed by atoms with van der Waals surface area (Å²) >= 11 is 0. The van der Waals surface area contributed by atoms with Gasteiger partial charge in [-0.05, 0) is 36.6 Å². The average molecular weight is 339 g/mol. The van der Waals surface area contributed by atoms with Crippen LogP contribution in [0.15, 0.2) is 30.5 Å². The number of amides is 1. The molecule has 1 aliphatic heterocycles. The van der Waals surface area contributed by atoms with Gasteiger partial charge >= 0.3 is 0 Å². The first-order chi connectivity index (χ1) is 12.0. The topological polar surface area (TPSA) is 84.1 Å². The number of nitrogens with one attached hydrogen (secondary N) is 1. The Labute approximate surface area is 148 Å². The first-order valence-corrected chi connectivity index (χ1v) is 8.76. The summed E-state index contributed by atoms with van der Waals surface area (Å²) in [4.78, 5) is 23.2. The first-order valence-electron chi connectivity index (χ1n) is 8.76. The van der Waals surface area contributed by atoms with Gasteiger partial charge in [0.1, 0.15) is 5.82 Å². The third-order valence-electron chi connectivity index (χ3n) is 4.27. The van der Waals surface area contributed by atoms with Gasteiger partial charge < -0.3 is 16.0 Å². The Hall–Kier alpha value is -2.47. The van der Waals surface area contributed by atoms with Crippen molar-refractivity contribution in [1.29, 1.82) is 0 Å². The van der Waals surface area contributed by atoms with Crippen molar-refractivity contribution in [2.75, 3.05) is 31.1 Å². The Bertz CT molecular complexity index is 753. The van der Waals surface area contributed by atoms with E-state index < -0.39 is 5.91 Å². The van der Waals surface area contributed by atoms with E-state index >= 15 is 0 Å². The van der Waals surface area contributed by atoms with Crippen LogP contribution in [0, 0.1) is 5.92 Å². The molecule has 1 fully saturated rings. The molecular weight excluding hydrogens is 314 g/mol. The molecule has 3 rings (SSSR count). The zero-order valence-electron chi connectivity index (χ0n) is 14.8. The smallest absolute Gasteiger partial charge is 0.248 e. The molecule has 2 aromatic heterocycles. The molecule has 1 saturated heterocycles. The summed E-state index contributed by atoms with van der Waals surface area (Å²) in [5, 5.41) is 3.32. The number of carbonyl (C=O) groups is 1. The number of piperazine rings is 1. The summed E-state index contributed by atoms with van der Waals surface area (Å²) < 4.78 is 0. The number of aromatic nitrogens is 2. The van der Waals surface area contributed by atoms with E-state index in [0.717, 1.165) is 55.4 Å². The van der Waals surface area contributed by atoms with E-state index in [1.807, 2.05) is 6.07 Å². The number of rotatable bonds is 5. The van der Waals surface area contributed by atoms with Crippen LogP contribution in [0.4, 0.5) is 5.82 Å². The van der Waals surface area contributed by atoms with E-state index in [0.29, 0.717) is 11.5 Å². The number of anilines is 1. The highest BCUT2D eigenvalue weighted by molar-refractivity contribution is 5.94. The zero-order valence-corrected chi connectivity index (χ0v) is 14.8. The van der Waals surface area contributed by atoms with Gasteiger partial charge in [-0.1, -0.05) is 13.8 Å². The number of hydrogen-bond donors (Lipinski definition) is 2. The van der Waals surface area contributed by atoms with Crippen LogP contribution in [-0.2, 0) is 6.42 Å². The third-order valence-corrected chi connectivity index (χ3v) is 4.27. The van der Waals surface area contributed by atoms with Crippen molar-refractivity contribution in [1.82, 2.24) is 15.3 Å². The van der Waals surface area contributed by atoms with Gasteiger partial charge in [-0.15, -0.1) is 0 Å². The molecule has 0 unspecified atom stereocenters. The van der Waals surface area contributed by atoms with Gasteiger partial charge in [0.25, 0.3) is 0 Å². The predicted molar refractivity (Wildman–Crippen MR) is 99.6 cm³/mol. The molecule has 0 aromatic carbocycles. The van der Waals surface area contributed by atoms with Gasteiger partial charge in [0.15, 0.2) is 0 Å². The summed E-state index contributed by atoms with van der Waals surface area (Å²) in [5.41, 5.74) is 8.79. The predicted octanol–water partition coefficient (Wildman–Crippen LogP) is 1.85. The normalized spacial score (nSPS) is 14.8. The minimum Gasteiger partial charge on any atom is -0.366 e. The fraction of sp³-hybridized carbons (Fsp3) is 0.421. The fourth-order valence-corrected chi connectivity index (χ4v) is 3.03. The van der Waals surface area contributed by atoms with E-state index in [2.05, 4.69) is 35.1 Å². The summed E-state index contributed by atoms with van der Waals surface area (Å²) in [6, 6.07) is 7.53. The van der Waals surface area contributed by atoms with Gasteiger partial charge in [-0.25, -0.2) is 4.98 Å². The molecular formula is C19H25N5O. The Morgan fingerprint density at radius 2 is 2.04 bits per heavy atom. The summed E-state index contributed by atoms with van der Waals surface area (Å²) in [6.07, 6.45) is 2.71. The van der Waals surface area contributed by atoms with Crippen molar-refractivity contribution >= 4 is 11.7 Å². The molecule has 0 atom stereocenters. The van der Waals surface area contributed by atoms with Gasteiger partial charge in [0, 0.05) is 49.2 Å². The molecule has 0 saturated carbocycles. The summed E-state index contributed by atoms with van der Waals surface area (Å²) in [7, 11) is 0. The Balaban J connectivity index is 2.00. The molecule has 0 spiro atoms. The SMILES string of the molecule is CC(C)Cc1cc(-c2cc(C(N)=O)cc(N3CCNCC3)n2)ccn1. The molecule has 6 nitrogen and oxygen atoms in total. The number of pyridine rings is 2. The molecule has 3 heterocycles. The Morgan fingerprint density at radius 3 is 2.72 bits per heavy atom. The highest BCUT2D eigenvalue weighted by Gasteiger charge is 2.16. The van der Waals surface area contributed by atoms with Gasteiger partial charge in [-0.3, -0.25) is 9.78 Å². The fourth-order valence-electron chi connectivity index (χ4n) is 3.03. The number of nitrogens with zero attached hydrogens (tertiary/aromatic N) is 3. The number of carbonyl (C=O) groups excluding carboxylic acids is 1. The third kappa shape index (κ3) is 4.33. The molecule has 25 heavy (non-hydrogen) atoms. The second-order valence-corrected chi connectivity index (χ2v) is 6.83. The first kappa shape index (κ1) is 17.4. The maximum absolute atomic E-state index is 11.8. The molecule has 3 N–H and O–H groups in total. The lowest BCUT2D eigenvalue weighted by molar-refractivity contribution is 0.1000. The van der Waals surface area contributed by atoms with E-state index in [-0.39, 0.29) is 0 Å². The monoisotopic (exact) mass is 339 g/mol. The lowest BCUT2D eigenvalue weighted by Gasteiger charge is -2.29. The minimum atomic E-state index is -0.434. The van der Waals surface area contributed by atoms with Crippen molar-refractivity contribution in [3.8, 4) is 11.3 Å². The molecule has 132 valence electrons. The van der Waals surface area contributed by atoms with E-state index in [9.17, 15) is 4.79 Å². The van der Waals surface area contributed by atoms with Crippen LogP contribution >= 0.6 is 0 Å². The van der Waals surface area contributed by atoms with Crippen LogP contribution in [0.3, 0.4) is 0 Å². The highest BCUT2D eigenvalue weighted by atomic mass is 16.1. The van der Waals surface area contributed by atoms with Crippen LogP contribution in [0.2, 0.25) is 0 Å². The average Bonchev–Trinajstić information content (AvgIpc) is 2.62. The van der Waals surface area contributed by atoms with Crippen molar-refractivity contribution in [3.05, 3.63) is 41.7 Å². The van der Waals surface area contributed by atoms with Crippen molar-refractivity contribution in [3.63, 3.8) is 0 Å². The maximum atomic E-state index is 11.8.